The lowest BCUT2D eigenvalue weighted by molar-refractivity contribution is -0.124. The van der Waals surface area contributed by atoms with Crippen LogP contribution in [0.3, 0.4) is 0 Å². The highest BCUT2D eigenvalue weighted by molar-refractivity contribution is 7.13. The van der Waals surface area contributed by atoms with Crippen LogP contribution in [0.1, 0.15) is 42.6 Å². The van der Waals surface area contributed by atoms with Crippen LogP contribution in [-0.2, 0) is 9.53 Å². The van der Waals surface area contributed by atoms with Crippen molar-refractivity contribution < 1.29 is 14.3 Å². The Morgan fingerprint density at radius 2 is 2.19 bits per heavy atom. The molecular formula is C20H21ClN2O3S. The fourth-order valence-corrected chi connectivity index (χ4v) is 3.85. The van der Waals surface area contributed by atoms with Crippen LogP contribution in [0.25, 0.3) is 10.6 Å². The maximum atomic E-state index is 12.1. The van der Waals surface area contributed by atoms with Crippen molar-refractivity contribution in [1.29, 1.82) is 0 Å². The molecule has 3 rings (SSSR count). The van der Waals surface area contributed by atoms with Crippen LogP contribution in [-0.4, -0.2) is 30.0 Å². The highest BCUT2D eigenvalue weighted by Crippen LogP contribution is 2.26. The number of esters is 1. The standard InChI is InChI=1S/C20H21ClN2O3S/c21-16-8-4-7-15(11-16)19-23-17(13-27-19)20(25)26-12-18(24)22-10-9-14-5-2-1-3-6-14/h4-5,7-8,11,13H,1-3,6,9-10,12H2,(H,22,24). The molecule has 0 radical (unpaired) electrons. The summed E-state index contributed by atoms with van der Waals surface area (Å²) >= 11 is 7.30. The highest BCUT2D eigenvalue weighted by Gasteiger charge is 2.15. The fourth-order valence-electron chi connectivity index (χ4n) is 2.87. The van der Waals surface area contributed by atoms with E-state index in [9.17, 15) is 9.59 Å². The van der Waals surface area contributed by atoms with E-state index in [0.29, 0.717) is 16.6 Å². The molecule has 1 N–H and O–H groups in total. The van der Waals surface area contributed by atoms with E-state index in [1.807, 2.05) is 12.1 Å². The first-order valence-corrected chi connectivity index (χ1v) is 10.2. The second-order valence-corrected chi connectivity index (χ2v) is 7.63. The third-order valence-corrected chi connectivity index (χ3v) is 5.40. The first kappa shape index (κ1) is 19.6. The number of aromatic nitrogens is 1. The molecule has 1 amide bonds. The van der Waals surface area contributed by atoms with Gasteiger partial charge in [-0.25, -0.2) is 9.78 Å². The summed E-state index contributed by atoms with van der Waals surface area (Å²) in [5.74, 6) is -0.908. The molecule has 1 aromatic carbocycles. The number of carbonyl (C=O) groups is 2. The van der Waals surface area contributed by atoms with Crippen molar-refractivity contribution in [2.45, 2.75) is 32.1 Å². The van der Waals surface area contributed by atoms with Crippen molar-refractivity contribution in [3.8, 4) is 10.6 Å². The van der Waals surface area contributed by atoms with Crippen LogP contribution in [0.4, 0.5) is 0 Å². The molecule has 0 aliphatic heterocycles. The van der Waals surface area contributed by atoms with Gasteiger partial charge in [-0.05, 0) is 44.2 Å². The Bertz CT molecular complexity index is 847. The number of rotatable bonds is 7. The molecule has 0 saturated heterocycles. The van der Waals surface area contributed by atoms with Gasteiger partial charge in [0.15, 0.2) is 12.3 Å². The summed E-state index contributed by atoms with van der Waals surface area (Å²) in [4.78, 5) is 28.2. The van der Waals surface area contributed by atoms with E-state index in [2.05, 4.69) is 16.4 Å². The maximum absolute atomic E-state index is 12.1. The molecule has 1 aromatic heterocycles. The molecule has 27 heavy (non-hydrogen) atoms. The van der Waals surface area contributed by atoms with E-state index < -0.39 is 5.97 Å². The van der Waals surface area contributed by atoms with Gasteiger partial charge in [-0.15, -0.1) is 11.3 Å². The van der Waals surface area contributed by atoms with Gasteiger partial charge in [-0.1, -0.05) is 35.4 Å². The first-order valence-electron chi connectivity index (χ1n) is 8.95. The predicted octanol–water partition coefficient (Wildman–Crippen LogP) is 4.63. The van der Waals surface area contributed by atoms with Crippen molar-refractivity contribution in [3.63, 3.8) is 0 Å². The number of hydrogen-bond acceptors (Lipinski definition) is 5. The summed E-state index contributed by atoms with van der Waals surface area (Å²) in [6.45, 7) is 0.264. The van der Waals surface area contributed by atoms with E-state index in [4.69, 9.17) is 16.3 Å². The minimum absolute atomic E-state index is 0.190. The zero-order chi connectivity index (χ0) is 19.1. The Balaban J connectivity index is 1.43. The minimum Gasteiger partial charge on any atom is -0.451 e. The van der Waals surface area contributed by atoms with Crippen molar-refractivity contribution in [2.75, 3.05) is 13.2 Å². The molecule has 7 heteroatoms. The number of nitrogens with zero attached hydrogens (tertiary/aromatic N) is 1. The predicted molar refractivity (Wildman–Crippen MR) is 107 cm³/mol. The van der Waals surface area contributed by atoms with Crippen LogP contribution < -0.4 is 5.32 Å². The molecule has 0 saturated carbocycles. The van der Waals surface area contributed by atoms with Gasteiger partial charge >= 0.3 is 5.97 Å². The second-order valence-electron chi connectivity index (χ2n) is 6.33. The van der Waals surface area contributed by atoms with Gasteiger partial charge in [0.25, 0.3) is 5.91 Å². The number of benzene rings is 1. The van der Waals surface area contributed by atoms with Gasteiger partial charge in [-0.2, -0.15) is 0 Å². The number of ether oxygens (including phenoxy) is 1. The average Bonchev–Trinajstić information content (AvgIpc) is 3.17. The van der Waals surface area contributed by atoms with Crippen molar-refractivity contribution in [1.82, 2.24) is 10.3 Å². The molecule has 1 aliphatic carbocycles. The Kier molecular flexibility index (Phi) is 7.01. The summed E-state index contributed by atoms with van der Waals surface area (Å²) in [6.07, 6.45) is 7.84. The molecule has 0 unspecified atom stereocenters. The van der Waals surface area contributed by atoms with Crippen LogP contribution >= 0.6 is 22.9 Å². The van der Waals surface area contributed by atoms with E-state index in [-0.39, 0.29) is 18.2 Å². The number of halogens is 1. The average molecular weight is 405 g/mol. The largest absolute Gasteiger partial charge is 0.451 e. The SMILES string of the molecule is O=C(COC(=O)c1csc(-c2cccc(Cl)c2)n1)NCCC1=CCCCC1. The molecular weight excluding hydrogens is 384 g/mol. The molecule has 0 spiro atoms. The maximum Gasteiger partial charge on any atom is 0.358 e. The number of amides is 1. The smallest absolute Gasteiger partial charge is 0.358 e. The Labute approximate surface area is 167 Å². The molecule has 5 nitrogen and oxygen atoms in total. The van der Waals surface area contributed by atoms with Gasteiger partial charge in [0.05, 0.1) is 0 Å². The zero-order valence-electron chi connectivity index (χ0n) is 14.9. The third kappa shape index (κ3) is 5.91. The molecule has 0 bridgehead atoms. The molecule has 2 aromatic rings. The molecule has 0 atom stereocenters. The lowest BCUT2D eigenvalue weighted by Gasteiger charge is -2.12. The molecule has 1 aliphatic rings. The van der Waals surface area contributed by atoms with Gasteiger partial charge < -0.3 is 10.1 Å². The van der Waals surface area contributed by atoms with Crippen molar-refractivity contribution in [3.05, 3.63) is 52.0 Å². The van der Waals surface area contributed by atoms with Crippen LogP contribution in [0.15, 0.2) is 41.3 Å². The first-order chi connectivity index (χ1) is 13.1. The number of nitrogens with one attached hydrogen (secondary N) is 1. The van der Waals surface area contributed by atoms with Crippen LogP contribution in [0.2, 0.25) is 5.02 Å². The summed E-state index contributed by atoms with van der Waals surface area (Å²) in [7, 11) is 0. The summed E-state index contributed by atoms with van der Waals surface area (Å²) in [5.41, 5.74) is 2.42. The molecule has 0 fully saturated rings. The van der Waals surface area contributed by atoms with E-state index in [0.717, 1.165) is 24.8 Å². The number of allylic oxidation sites excluding steroid dienone is 1. The normalized spacial score (nSPS) is 13.7. The quantitative estimate of drug-likeness (QED) is 0.539. The Morgan fingerprint density at radius 1 is 1.30 bits per heavy atom. The molecule has 142 valence electrons. The zero-order valence-corrected chi connectivity index (χ0v) is 16.4. The number of carbonyl (C=O) groups excluding carboxylic acids is 2. The van der Waals surface area contributed by atoms with Gasteiger partial charge in [0.1, 0.15) is 5.01 Å². The minimum atomic E-state index is -0.607. The molecule has 1 heterocycles. The topological polar surface area (TPSA) is 68.3 Å². The second kappa shape index (κ2) is 9.67. The number of hydrogen-bond donors (Lipinski definition) is 1. The third-order valence-electron chi connectivity index (χ3n) is 4.27. The van der Waals surface area contributed by atoms with Crippen molar-refractivity contribution in [2.24, 2.45) is 0 Å². The fraction of sp³-hybridized carbons (Fsp3) is 0.350. The van der Waals surface area contributed by atoms with Crippen LogP contribution in [0, 0.1) is 0 Å². The van der Waals surface area contributed by atoms with Crippen LogP contribution in [0.5, 0.6) is 0 Å². The number of thiazole rings is 1. The van der Waals surface area contributed by atoms with Gasteiger partial charge in [0.2, 0.25) is 0 Å². The lowest BCUT2D eigenvalue weighted by Crippen LogP contribution is -2.30. The summed E-state index contributed by atoms with van der Waals surface area (Å²) in [5, 5.41) is 5.68. The van der Waals surface area contributed by atoms with E-state index in [1.165, 1.54) is 29.8 Å². The summed E-state index contributed by atoms with van der Waals surface area (Å²) in [6, 6.07) is 7.25. The summed E-state index contributed by atoms with van der Waals surface area (Å²) < 4.78 is 5.06. The van der Waals surface area contributed by atoms with E-state index >= 15 is 0 Å². The Hall–Kier alpha value is -2.18. The van der Waals surface area contributed by atoms with E-state index in [1.54, 1.807) is 17.5 Å². The lowest BCUT2D eigenvalue weighted by atomic mass is 9.97. The monoisotopic (exact) mass is 404 g/mol. The van der Waals surface area contributed by atoms with Gasteiger partial charge in [-0.3, -0.25) is 4.79 Å². The van der Waals surface area contributed by atoms with Gasteiger partial charge in [0, 0.05) is 22.5 Å². The highest BCUT2D eigenvalue weighted by atomic mass is 35.5. The van der Waals surface area contributed by atoms with Crippen molar-refractivity contribution >= 4 is 34.8 Å². The Morgan fingerprint density at radius 3 is 2.96 bits per heavy atom.